The van der Waals surface area contributed by atoms with Crippen LogP contribution in [0.1, 0.15) is 24.8 Å². The van der Waals surface area contributed by atoms with Crippen LogP contribution >= 0.6 is 0 Å². The van der Waals surface area contributed by atoms with Gasteiger partial charge >= 0.3 is 17.8 Å². The largest absolute Gasteiger partial charge is 0.426 e. The Labute approximate surface area is 187 Å². The smallest absolute Gasteiger partial charge is 0.422 e. The van der Waals surface area contributed by atoms with E-state index >= 15 is 0 Å². The van der Waals surface area contributed by atoms with Gasteiger partial charge in [0.15, 0.2) is 0 Å². The van der Waals surface area contributed by atoms with Gasteiger partial charge in [0.2, 0.25) is 5.60 Å². The van der Waals surface area contributed by atoms with Crippen LogP contribution in [0.15, 0.2) is 56.1 Å². The van der Waals surface area contributed by atoms with Gasteiger partial charge < -0.3 is 19.3 Å². The standard InChI is InChI=1S/C22H16F5N3O4/c1-2-21(32,22(25,26)27)19-29-30-20(34-19)28-10-13-9-17-12(8-16(13)24)7-15(18(31)33-17)11-3-5-14(23)6-4-11/h3-9,32H,2,10H2,1H3,(H,28,30). The molecule has 4 aromatic rings. The zero-order chi connectivity index (χ0) is 24.7. The molecule has 178 valence electrons. The summed E-state index contributed by atoms with van der Waals surface area (Å²) in [5.41, 5.74) is -3.49. The van der Waals surface area contributed by atoms with E-state index in [0.29, 0.717) is 5.56 Å². The molecule has 0 bridgehead atoms. The quantitative estimate of drug-likeness (QED) is 0.299. The first-order chi connectivity index (χ1) is 16.0. The van der Waals surface area contributed by atoms with Crippen LogP contribution in [0.5, 0.6) is 0 Å². The molecule has 34 heavy (non-hydrogen) atoms. The van der Waals surface area contributed by atoms with Crippen molar-refractivity contribution >= 4 is 17.0 Å². The third-order valence-electron chi connectivity index (χ3n) is 5.25. The maximum Gasteiger partial charge on any atom is 0.426 e. The lowest BCUT2D eigenvalue weighted by Gasteiger charge is -2.25. The first kappa shape index (κ1) is 23.4. The number of hydrogen-bond acceptors (Lipinski definition) is 7. The summed E-state index contributed by atoms with van der Waals surface area (Å²) in [4.78, 5) is 12.4. The van der Waals surface area contributed by atoms with Crippen LogP contribution in [0.4, 0.5) is 28.0 Å². The minimum Gasteiger partial charge on any atom is -0.422 e. The van der Waals surface area contributed by atoms with E-state index in [1.165, 1.54) is 36.4 Å². The van der Waals surface area contributed by atoms with Gasteiger partial charge in [-0.3, -0.25) is 0 Å². The van der Waals surface area contributed by atoms with Crippen LogP contribution in [-0.4, -0.2) is 21.5 Å². The molecule has 12 heteroatoms. The molecule has 0 fully saturated rings. The molecule has 0 aliphatic heterocycles. The molecule has 2 aromatic carbocycles. The fourth-order valence-electron chi connectivity index (χ4n) is 3.25. The second kappa shape index (κ2) is 8.52. The Morgan fingerprint density at radius 1 is 1.03 bits per heavy atom. The summed E-state index contributed by atoms with van der Waals surface area (Å²) in [6.45, 7) is 0.800. The van der Waals surface area contributed by atoms with Crippen molar-refractivity contribution in [2.45, 2.75) is 31.7 Å². The summed E-state index contributed by atoms with van der Waals surface area (Å²) in [7, 11) is 0. The minimum atomic E-state index is -5.04. The second-order valence-electron chi connectivity index (χ2n) is 7.41. The lowest BCUT2D eigenvalue weighted by Crippen LogP contribution is -2.42. The zero-order valence-electron chi connectivity index (χ0n) is 17.4. The number of alkyl halides is 3. The van der Waals surface area contributed by atoms with Crippen molar-refractivity contribution in [3.05, 3.63) is 76.0 Å². The van der Waals surface area contributed by atoms with E-state index in [1.54, 1.807) is 0 Å². The molecule has 2 heterocycles. The molecule has 0 aliphatic carbocycles. The van der Waals surface area contributed by atoms with E-state index in [2.05, 4.69) is 15.5 Å². The molecular weight excluding hydrogens is 465 g/mol. The van der Waals surface area contributed by atoms with Crippen molar-refractivity contribution in [2.24, 2.45) is 0 Å². The van der Waals surface area contributed by atoms with Crippen molar-refractivity contribution < 1.29 is 35.9 Å². The maximum atomic E-state index is 14.7. The Balaban J connectivity index is 1.58. The van der Waals surface area contributed by atoms with Crippen molar-refractivity contribution in [2.75, 3.05) is 5.32 Å². The molecule has 0 aliphatic rings. The Bertz CT molecular complexity index is 1400. The van der Waals surface area contributed by atoms with Crippen molar-refractivity contribution in [1.82, 2.24) is 10.2 Å². The Morgan fingerprint density at radius 2 is 1.74 bits per heavy atom. The minimum absolute atomic E-state index is 0.00786. The van der Waals surface area contributed by atoms with Gasteiger partial charge in [-0.25, -0.2) is 13.6 Å². The molecule has 0 spiro atoms. The molecule has 0 saturated heterocycles. The van der Waals surface area contributed by atoms with E-state index in [9.17, 15) is 31.9 Å². The van der Waals surface area contributed by atoms with Crippen molar-refractivity contribution in [3.63, 3.8) is 0 Å². The normalized spacial score (nSPS) is 13.7. The summed E-state index contributed by atoms with van der Waals surface area (Å²) in [5.74, 6) is -2.24. The SMILES string of the molecule is CCC(O)(c1nnc(NCc2cc3oc(=O)c(-c4ccc(F)cc4)cc3cc2F)o1)C(F)(F)F. The summed E-state index contributed by atoms with van der Waals surface area (Å²) < 4.78 is 77.4. The number of anilines is 1. The predicted molar refractivity (Wildman–Crippen MR) is 110 cm³/mol. The summed E-state index contributed by atoms with van der Waals surface area (Å²) in [6.07, 6.45) is -5.79. The molecule has 2 aromatic heterocycles. The molecule has 7 nitrogen and oxygen atoms in total. The second-order valence-corrected chi connectivity index (χ2v) is 7.41. The monoisotopic (exact) mass is 481 g/mol. The molecule has 0 radical (unpaired) electrons. The molecule has 4 rings (SSSR count). The van der Waals surface area contributed by atoms with Crippen LogP contribution < -0.4 is 10.9 Å². The Morgan fingerprint density at radius 3 is 2.38 bits per heavy atom. The van der Waals surface area contributed by atoms with Crippen LogP contribution in [0.2, 0.25) is 0 Å². The zero-order valence-corrected chi connectivity index (χ0v) is 17.4. The third kappa shape index (κ3) is 4.23. The van der Waals surface area contributed by atoms with Crippen LogP contribution in [-0.2, 0) is 12.1 Å². The lowest BCUT2D eigenvalue weighted by atomic mass is 10.0. The predicted octanol–water partition coefficient (Wildman–Crippen LogP) is 4.89. The molecule has 0 amide bonds. The van der Waals surface area contributed by atoms with Gasteiger partial charge in [-0.15, -0.1) is 5.10 Å². The average molecular weight is 481 g/mol. The molecule has 2 N–H and O–H groups in total. The van der Waals surface area contributed by atoms with Gasteiger partial charge in [-0.2, -0.15) is 13.2 Å². The van der Waals surface area contributed by atoms with Gasteiger partial charge in [0.1, 0.15) is 17.2 Å². The number of hydrogen-bond donors (Lipinski definition) is 2. The first-order valence-corrected chi connectivity index (χ1v) is 9.91. The van der Waals surface area contributed by atoms with E-state index in [0.717, 1.165) is 13.0 Å². The molecule has 1 atom stereocenters. The molecular formula is C22H16F5N3O4. The topological polar surface area (TPSA) is 101 Å². The molecule has 0 saturated carbocycles. The van der Waals surface area contributed by atoms with Crippen LogP contribution in [0, 0.1) is 11.6 Å². The average Bonchev–Trinajstić information content (AvgIpc) is 3.26. The van der Waals surface area contributed by atoms with E-state index in [-0.39, 0.29) is 28.6 Å². The van der Waals surface area contributed by atoms with E-state index < -0.39 is 47.4 Å². The van der Waals surface area contributed by atoms with Crippen molar-refractivity contribution in [1.29, 1.82) is 0 Å². The number of nitrogens with zero attached hydrogens (tertiary/aromatic N) is 2. The number of aromatic nitrogens is 2. The maximum absolute atomic E-state index is 14.7. The van der Waals surface area contributed by atoms with E-state index in [4.69, 9.17) is 8.83 Å². The van der Waals surface area contributed by atoms with Gasteiger partial charge in [0, 0.05) is 17.5 Å². The Kier molecular flexibility index (Phi) is 5.86. The number of nitrogens with one attached hydrogen (secondary N) is 1. The number of aliphatic hydroxyl groups is 1. The summed E-state index contributed by atoms with van der Waals surface area (Å²) in [5, 5.41) is 19.2. The molecule has 1 unspecified atom stereocenters. The highest BCUT2D eigenvalue weighted by molar-refractivity contribution is 5.82. The fraction of sp³-hybridized carbons (Fsp3) is 0.227. The van der Waals surface area contributed by atoms with Gasteiger partial charge in [-0.1, -0.05) is 24.2 Å². The van der Waals surface area contributed by atoms with Gasteiger partial charge in [0.25, 0.3) is 5.89 Å². The van der Waals surface area contributed by atoms with Gasteiger partial charge in [0.05, 0.1) is 5.56 Å². The number of halogens is 5. The third-order valence-corrected chi connectivity index (χ3v) is 5.25. The lowest BCUT2D eigenvalue weighted by molar-refractivity contribution is -0.275. The summed E-state index contributed by atoms with van der Waals surface area (Å²) in [6, 6.07) is 8.41. The number of rotatable bonds is 6. The summed E-state index contributed by atoms with van der Waals surface area (Å²) >= 11 is 0. The fourth-order valence-corrected chi connectivity index (χ4v) is 3.25. The number of benzene rings is 2. The highest BCUT2D eigenvalue weighted by atomic mass is 19.4. The van der Waals surface area contributed by atoms with Crippen LogP contribution in [0.25, 0.3) is 22.1 Å². The van der Waals surface area contributed by atoms with Crippen molar-refractivity contribution in [3.8, 4) is 11.1 Å². The van der Waals surface area contributed by atoms with Gasteiger partial charge in [-0.05, 0) is 42.3 Å². The first-order valence-electron chi connectivity index (χ1n) is 9.91. The highest BCUT2D eigenvalue weighted by Gasteiger charge is 2.57. The number of fused-ring (bicyclic) bond motifs is 1. The Hall–Kier alpha value is -3.80. The van der Waals surface area contributed by atoms with Crippen LogP contribution in [0.3, 0.4) is 0 Å². The highest BCUT2D eigenvalue weighted by Crippen LogP contribution is 2.41. The van der Waals surface area contributed by atoms with E-state index in [1.807, 2.05) is 0 Å².